The highest BCUT2D eigenvalue weighted by Gasteiger charge is 2.42. The van der Waals surface area contributed by atoms with E-state index in [0.29, 0.717) is 17.0 Å². The number of hydrogen-bond acceptors (Lipinski definition) is 3. The van der Waals surface area contributed by atoms with Crippen LogP contribution in [0.2, 0.25) is 5.02 Å². The Kier molecular flexibility index (Phi) is 7.24. The number of para-hydroxylation sites is 1. The number of anilines is 1. The van der Waals surface area contributed by atoms with Gasteiger partial charge in [-0.15, -0.1) is 0 Å². The Hall–Kier alpha value is -3.70. The number of carbonyl (C=O) groups excluding carboxylic acids is 2. The number of nitrogens with zero attached hydrogens (tertiary/aromatic N) is 1. The topological polar surface area (TPSA) is 71.1 Å². The van der Waals surface area contributed by atoms with E-state index in [9.17, 15) is 9.59 Å². The van der Waals surface area contributed by atoms with Gasteiger partial charge in [0.15, 0.2) is 0 Å². The normalized spacial score (nSPS) is 15.3. The van der Waals surface area contributed by atoms with Crippen molar-refractivity contribution in [3.63, 3.8) is 0 Å². The molecule has 5 rings (SSSR count). The van der Waals surface area contributed by atoms with E-state index >= 15 is 0 Å². The predicted molar refractivity (Wildman–Crippen MR) is 149 cm³/mol. The zero-order valence-electron chi connectivity index (χ0n) is 20.8. The molecule has 1 fully saturated rings. The quantitative estimate of drug-likeness (QED) is 0.290. The first-order valence-corrected chi connectivity index (χ1v) is 13.1. The van der Waals surface area contributed by atoms with Crippen molar-refractivity contribution in [2.45, 2.75) is 50.5 Å². The van der Waals surface area contributed by atoms with Crippen LogP contribution in [0.25, 0.3) is 10.9 Å². The average Bonchev–Trinajstić information content (AvgIpc) is 3.41. The van der Waals surface area contributed by atoms with Crippen LogP contribution in [0, 0.1) is 0 Å². The van der Waals surface area contributed by atoms with Crippen LogP contribution >= 0.6 is 11.6 Å². The van der Waals surface area contributed by atoms with Crippen molar-refractivity contribution < 1.29 is 9.59 Å². The molecule has 1 unspecified atom stereocenters. The van der Waals surface area contributed by atoms with Gasteiger partial charge in [-0.05, 0) is 73.7 Å². The van der Waals surface area contributed by atoms with Crippen LogP contribution in [0.4, 0.5) is 5.69 Å². The summed E-state index contributed by atoms with van der Waals surface area (Å²) in [6.07, 6.45) is 6.16. The van der Waals surface area contributed by atoms with Crippen molar-refractivity contribution in [1.82, 2.24) is 10.3 Å². The summed E-state index contributed by atoms with van der Waals surface area (Å²) in [6.45, 7) is 2.03. The Morgan fingerprint density at radius 3 is 2.38 bits per heavy atom. The van der Waals surface area contributed by atoms with Crippen LogP contribution in [0.5, 0.6) is 0 Å². The van der Waals surface area contributed by atoms with E-state index in [2.05, 4.69) is 15.6 Å². The SMILES string of the molecule is CC(Cc1ccc(NC(=O)c2ccnc3ccccc23)cc1)NC(=O)C1(c2ccc(Cl)cc2)CCCC1. The van der Waals surface area contributed by atoms with Gasteiger partial charge in [-0.1, -0.05) is 66.9 Å². The summed E-state index contributed by atoms with van der Waals surface area (Å²) in [5.74, 6) is -0.0793. The molecule has 1 aromatic heterocycles. The fourth-order valence-corrected chi connectivity index (χ4v) is 5.50. The Balaban J connectivity index is 1.22. The van der Waals surface area contributed by atoms with Gasteiger partial charge >= 0.3 is 0 Å². The third kappa shape index (κ3) is 5.37. The fraction of sp³-hybridized carbons (Fsp3) is 0.258. The number of nitrogens with one attached hydrogen (secondary N) is 2. The molecule has 2 N–H and O–H groups in total. The Morgan fingerprint density at radius 1 is 0.946 bits per heavy atom. The van der Waals surface area contributed by atoms with Crippen molar-refractivity contribution in [2.75, 3.05) is 5.32 Å². The molecule has 188 valence electrons. The summed E-state index contributed by atoms with van der Waals surface area (Å²) >= 11 is 6.08. The molecular weight excluding hydrogens is 482 g/mol. The molecule has 0 aliphatic heterocycles. The summed E-state index contributed by atoms with van der Waals surface area (Å²) in [4.78, 5) is 30.7. The Morgan fingerprint density at radius 2 is 1.65 bits per heavy atom. The zero-order chi connectivity index (χ0) is 25.8. The van der Waals surface area contributed by atoms with Gasteiger partial charge in [-0.2, -0.15) is 0 Å². The van der Waals surface area contributed by atoms with E-state index in [1.165, 1.54) is 0 Å². The molecular formula is C31H30ClN3O2. The number of carbonyl (C=O) groups is 2. The molecule has 0 saturated heterocycles. The van der Waals surface area contributed by atoms with E-state index in [1.54, 1.807) is 12.3 Å². The minimum atomic E-state index is -0.482. The number of rotatable bonds is 7. The molecule has 1 aliphatic carbocycles. The summed E-state index contributed by atoms with van der Waals surface area (Å²) in [7, 11) is 0. The molecule has 3 aromatic carbocycles. The van der Waals surface area contributed by atoms with Crippen LogP contribution < -0.4 is 10.6 Å². The van der Waals surface area contributed by atoms with Crippen LogP contribution in [0.1, 0.15) is 54.1 Å². The number of aromatic nitrogens is 1. The van der Waals surface area contributed by atoms with E-state index in [4.69, 9.17) is 11.6 Å². The molecule has 1 saturated carbocycles. The largest absolute Gasteiger partial charge is 0.353 e. The van der Waals surface area contributed by atoms with Gasteiger partial charge in [0.2, 0.25) is 5.91 Å². The van der Waals surface area contributed by atoms with E-state index in [-0.39, 0.29) is 17.9 Å². The molecule has 0 bridgehead atoms. The minimum absolute atomic E-state index is 0.0269. The van der Waals surface area contributed by atoms with Crippen molar-refractivity contribution in [1.29, 1.82) is 0 Å². The second-order valence-electron chi connectivity index (χ2n) is 9.90. The maximum Gasteiger partial charge on any atom is 0.256 e. The van der Waals surface area contributed by atoms with Gasteiger partial charge in [-0.3, -0.25) is 14.6 Å². The molecule has 2 amide bonds. The lowest BCUT2D eigenvalue weighted by atomic mass is 9.77. The standard InChI is InChI=1S/C31H30ClN3O2/c1-21(34-30(37)31(17-4-5-18-31)23-10-12-24(32)13-11-23)20-22-8-14-25(15-9-22)35-29(36)27-16-19-33-28-7-3-2-6-26(27)28/h2-3,6-16,19,21H,4-5,17-18,20H2,1H3,(H,34,37)(H,35,36). The van der Waals surface area contributed by atoms with Crippen molar-refractivity contribution in [2.24, 2.45) is 0 Å². The second-order valence-corrected chi connectivity index (χ2v) is 10.3. The maximum atomic E-state index is 13.5. The smallest absolute Gasteiger partial charge is 0.256 e. The lowest BCUT2D eigenvalue weighted by Crippen LogP contribution is -2.46. The molecule has 1 atom stereocenters. The van der Waals surface area contributed by atoms with Gasteiger partial charge in [0.25, 0.3) is 5.91 Å². The third-order valence-electron chi connectivity index (χ3n) is 7.31. The van der Waals surface area contributed by atoms with Crippen LogP contribution in [0.15, 0.2) is 85.1 Å². The highest BCUT2D eigenvalue weighted by molar-refractivity contribution is 6.30. The van der Waals surface area contributed by atoms with Gasteiger partial charge in [0.1, 0.15) is 0 Å². The van der Waals surface area contributed by atoms with Crippen LogP contribution in [-0.4, -0.2) is 22.8 Å². The maximum absolute atomic E-state index is 13.5. The fourth-order valence-electron chi connectivity index (χ4n) is 5.38. The zero-order valence-corrected chi connectivity index (χ0v) is 21.6. The van der Waals surface area contributed by atoms with Gasteiger partial charge in [0, 0.05) is 28.3 Å². The third-order valence-corrected chi connectivity index (χ3v) is 7.57. The number of amides is 2. The molecule has 37 heavy (non-hydrogen) atoms. The minimum Gasteiger partial charge on any atom is -0.353 e. The van der Waals surface area contributed by atoms with Gasteiger partial charge < -0.3 is 10.6 Å². The molecule has 4 aromatic rings. The first-order chi connectivity index (χ1) is 17.9. The summed E-state index contributed by atoms with van der Waals surface area (Å²) < 4.78 is 0. The highest BCUT2D eigenvalue weighted by atomic mass is 35.5. The van der Waals surface area contributed by atoms with Crippen LogP contribution in [0.3, 0.4) is 0 Å². The first kappa shape index (κ1) is 25.0. The molecule has 0 radical (unpaired) electrons. The number of halogens is 1. The predicted octanol–water partition coefficient (Wildman–Crippen LogP) is 6.70. The summed E-state index contributed by atoms with van der Waals surface area (Å²) in [5, 5.41) is 7.75. The Labute approximate surface area is 222 Å². The first-order valence-electron chi connectivity index (χ1n) is 12.8. The lowest BCUT2D eigenvalue weighted by molar-refractivity contribution is -0.127. The number of fused-ring (bicyclic) bond motifs is 1. The lowest BCUT2D eigenvalue weighted by Gasteiger charge is -2.30. The molecule has 6 heteroatoms. The Bertz CT molecular complexity index is 1410. The molecule has 5 nitrogen and oxygen atoms in total. The van der Waals surface area contributed by atoms with Crippen molar-refractivity contribution in [3.05, 3.63) is 107 Å². The number of pyridine rings is 1. The average molecular weight is 512 g/mol. The van der Waals surface area contributed by atoms with Crippen LogP contribution in [-0.2, 0) is 16.6 Å². The molecule has 0 spiro atoms. The van der Waals surface area contributed by atoms with Gasteiger partial charge in [0.05, 0.1) is 16.5 Å². The van der Waals surface area contributed by atoms with Crippen molar-refractivity contribution >= 4 is 40.0 Å². The monoisotopic (exact) mass is 511 g/mol. The summed E-state index contributed by atoms with van der Waals surface area (Å²) in [5.41, 5.74) is 3.75. The van der Waals surface area contributed by atoms with E-state index < -0.39 is 5.41 Å². The van der Waals surface area contributed by atoms with Gasteiger partial charge in [-0.25, -0.2) is 0 Å². The second kappa shape index (κ2) is 10.7. The summed E-state index contributed by atoms with van der Waals surface area (Å²) in [6, 6.07) is 24.8. The van der Waals surface area contributed by atoms with E-state index in [1.807, 2.05) is 79.7 Å². The number of hydrogen-bond donors (Lipinski definition) is 2. The molecule has 1 aliphatic rings. The van der Waals surface area contributed by atoms with Crippen molar-refractivity contribution in [3.8, 4) is 0 Å². The number of benzene rings is 3. The van der Waals surface area contributed by atoms with E-state index in [0.717, 1.165) is 53.4 Å². The molecule has 1 heterocycles. The highest BCUT2D eigenvalue weighted by Crippen LogP contribution is 2.41.